The molecule has 4 rings (SSSR count). The Bertz CT molecular complexity index is 1240. The van der Waals surface area contributed by atoms with E-state index >= 15 is 0 Å². The minimum Gasteiger partial charge on any atom is -0.497 e. The standard InChI is InChI=1S/C24H22N2O6/c1-28-17-9-10-19-18(13-17)26-24(32-19)14-5-7-16(8-6-14)25-23(27)15-11-20(29-2)22(31-4)21(12-15)30-3/h5-13H,1-4H3,(H,25,27). The quantitative estimate of drug-likeness (QED) is 0.447. The Balaban J connectivity index is 1.54. The van der Waals surface area contributed by atoms with Crippen molar-refractivity contribution in [3.05, 3.63) is 60.2 Å². The van der Waals surface area contributed by atoms with E-state index in [4.69, 9.17) is 23.4 Å². The number of carbonyl (C=O) groups is 1. The maximum Gasteiger partial charge on any atom is 0.255 e. The molecule has 8 heteroatoms. The third-order valence-corrected chi connectivity index (χ3v) is 4.91. The Morgan fingerprint density at radius 3 is 2.12 bits per heavy atom. The van der Waals surface area contributed by atoms with Crippen LogP contribution in [0.3, 0.4) is 0 Å². The normalized spacial score (nSPS) is 10.6. The Hall–Kier alpha value is -4.20. The summed E-state index contributed by atoms with van der Waals surface area (Å²) in [5.41, 5.74) is 3.15. The number of hydrogen-bond donors (Lipinski definition) is 1. The number of nitrogens with one attached hydrogen (secondary N) is 1. The number of fused-ring (bicyclic) bond motifs is 1. The van der Waals surface area contributed by atoms with E-state index in [0.717, 1.165) is 5.56 Å². The van der Waals surface area contributed by atoms with Crippen LogP contribution < -0.4 is 24.3 Å². The molecule has 0 atom stereocenters. The second kappa shape index (κ2) is 8.89. The minimum atomic E-state index is -0.314. The number of hydrogen-bond acceptors (Lipinski definition) is 7. The van der Waals surface area contributed by atoms with Crippen molar-refractivity contribution < 1.29 is 28.2 Å². The Labute approximate surface area is 184 Å². The number of oxazole rings is 1. The fourth-order valence-corrected chi connectivity index (χ4v) is 3.27. The van der Waals surface area contributed by atoms with Gasteiger partial charge in [0.05, 0.1) is 28.4 Å². The summed E-state index contributed by atoms with van der Waals surface area (Å²) >= 11 is 0. The third kappa shape index (κ3) is 4.02. The molecule has 0 saturated heterocycles. The van der Waals surface area contributed by atoms with Crippen molar-refractivity contribution in [2.24, 2.45) is 0 Å². The highest BCUT2D eigenvalue weighted by molar-refractivity contribution is 6.05. The molecule has 32 heavy (non-hydrogen) atoms. The number of carbonyl (C=O) groups excluding carboxylic acids is 1. The van der Waals surface area contributed by atoms with Gasteiger partial charge in [0.1, 0.15) is 11.3 Å². The van der Waals surface area contributed by atoms with Crippen LogP contribution in [0.4, 0.5) is 5.69 Å². The molecule has 1 aromatic heterocycles. The topological polar surface area (TPSA) is 92.1 Å². The first kappa shape index (κ1) is 21.0. The molecule has 1 amide bonds. The summed E-state index contributed by atoms with van der Waals surface area (Å²) < 4.78 is 27.0. The molecular weight excluding hydrogens is 412 g/mol. The van der Waals surface area contributed by atoms with Gasteiger partial charge in [-0.2, -0.15) is 0 Å². The molecule has 164 valence electrons. The zero-order valence-electron chi connectivity index (χ0n) is 18.1. The fourth-order valence-electron chi connectivity index (χ4n) is 3.27. The smallest absolute Gasteiger partial charge is 0.255 e. The maximum absolute atomic E-state index is 12.8. The summed E-state index contributed by atoms with van der Waals surface area (Å²) in [4.78, 5) is 17.3. The van der Waals surface area contributed by atoms with Crippen molar-refractivity contribution in [3.8, 4) is 34.5 Å². The van der Waals surface area contributed by atoms with Crippen LogP contribution in [0.25, 0.3) is 22.6 Å². The van der Waals surface area contributed by atoms with Gasteiger partial charge in [-0.05, 0) is 48.5 Å². The molecule has 0 fully saturated rings. The fraction of sp³-hybridized carbons (Fsp3) is 0.167. The maximum atomic E-state index is 12.8. The average molecular weight is 434 g/mol. The van der Waals surface area contributed by atoms with Crippen LogP contribution in [-0.2, 0) is 0 Å². The summed E-state index contributed by atoms with van der Waals surface area (Å²) in [6.07, 6.45) is 0. The number of nitrogens with zero attached hydrogens (tertiary/aromatic N) is 1. The molecule has 0 radical (unpaired) electrons. The van der Waals surface area contributed by atoms with Gasteiger partial charge >= 0.3 is 0 Å². The van der Waals surface area contributed by atoms with E-state index in [1.165, 1.54) is 21.3 Å². The van der Waals surface area contributed by atoms with Crippen LogP contribution in [0.2, 0.25) is 0 Å². The van der Waals surface area contributed by atoms with Crippen LogP contribution >= 0.6 is 0 Å². The van der Waals surface area contributed by atoms with E-state index in [0.29, 0.717) is 51.2 Å². The highest BCUT2D eigenvalue weighted by Crippen LogP contribution is 2.38. The highest BCUT2D eigenvalue weighted by Gasteiger charge is 2.17. The first-order valence-corrected chi connectivity index (χ1v) is 9.72. The molecule has 0 spiro atoms. The second-order valence-electron chi connectivity index (χ2n) is 6.80. The lowest BCUT2D eigenvalue weighted by molar-refractivity contribution is 0.102. The van der Waals surface area contributed by atoms with Gasteiger partial charge in [0.15, 0.2) is 17.1 Å². The van der Waals surface area contributed by atoms with E-state index in [2.05, 4.69) is 10.3 Å². The van der Waals surface area contributed by atoms with E-state index in [9.17, 15) is 4.79 Å². The predicted octanol–water partition coefficient (Wildman–Crippen LogP) is 4.78. The van der Waals surface area contributed by atoms with Crippen LogP contribution in [0.1, 0.15) is 10.4 Å². The molecule has 4 aromatic rings. The monoisotopic (exact) mass is 434 g/mol. The Morgan fingerprint density at radius 1 is 0.844 bits per heavy atom. The average Bonchev–Trinajstić information content (AvgIpc) is 3.26. The lowest BCUT2D eigenvalue weighted by Gasteiger charge is -2.14. The van der Waals surface area contributed by atoms with Gasteiger partial charge < -0.3 is 28.7 Å². The Kier molecular flexibility index (Phi) is 5.85. The lowest BCUT2D eigenvalue weighted by Crippen LogP contribution is -2.12. The summed E-state index contributed by atoms with van der Waals surface area (Å²) in [7, 11) is 6.11. The molecular formula is C24H22N2O6. The van der Waals surface area contributed by atoms with Gasteiger partial charge in [-0.25, -0.2) is 4.98 Å². The van der Waals surface area contributed by atoms with E-state index < -0.39 is 0 Å². The molecule has 0 aliphatic rings. The molecule has 0 aliphatic carbocycles. The Morgan fingerprint density at radius 2 is 1.53 bits per heavy atom. The highest BCUT2D eigenvalue weighted by atomic mass is 16.5. The molecule has 0 saturated carbocycles. The van der Waals surface area contributed by atoms with E-state index in [-0.39, 0.29) is 5.91 Å². The van der Waals surface area contributed by atoms with Crippen LogP contribution in [0, 0.1) is 0 Å². The molecule has 0 bridgehead atoms. The summed E-state index contributed by atoms with van der Waals surface area (Å²) in [5.74, 6) is 2.11. The van der Waals surface area contributed by atoms with Gasteiger partial charge in [0.25, 0.3) is 5.91 Å². The van der Waals surface area contributed by atoms with Crippen molar-refractivity contribution in [2.75, 3.05) is 33.8 Å². The molecule has 3 aromatic carbocycles. The van der Waals surface area contributed by atoms with Crippen LogP contribution in [0.15, 0.2) is 59.0 Å². The molecule has 0 aliphatic heterocycles. The second-order valence-corrected chi connectivity index (χ2v) is 6.80. The number of benzene rings is 3. The van der Waals surface area contributed by atoms with Crippen molar-refractivity contribution >= 4 is 22.7 Å². The predicted molar refractivity (Wildman–Crippen MR) is 120 cm³/mol. The molecule has 1 N–H and O–H groups in total. The van der Waals surface area contributed by atoms with Crippen LogP contribution in [0.5, 0.6) is 23.0 Å². The third-order valence-electron chi connectivity index (χ3n) is 4.91. The van der Waals surface area contributed by atoms with Crippen molar-refractivity contribution in [3.63, 3.8) is 0 Å². The van der Waals surface area contributed by atoms with E-state index in [1.54, 1.807) is 31.4 Å². The first-order chi connectivity index (χ1) is 15.6. The van der Waals surface area contributed by atoms with Crippen molar-refractivity contribution in [2.45, 2.75) is 0 Å². The van der Waals surface area contributed by atoms with Gasteiger partial charge in [0, 0.05) is 22.9 Å². The molecule has 8 nitrogen and oxygen atoms in total. The first-order valence-electron chi connectivity index (χ1n) is 9.72. The minimum absolute atomic E-state index is 0.314. The number of rotatable bonds is 7. The zero-order valence-corrected chi connectivity index (χ0v) is 18.1. The number of ether oxygens (including phenoxy) is 4. The lowest BCUT2D eigenvalue weighted by atomic mass is 10.1. The zero-order chi connectivity index (χ0) is 22.7. The van der Waals surface area contributed by atoms with Crippen LogP contribution in [-0.4, -0.2) is 39.3 Å². The van der Waals surface area contributed by atoms with Gasteiger partial charge in [0.2, 0.25) is 11.6 Å². The number of anilines is 1. The largest absolute Gasteiger partial charge is 0.497 e. The SMILES string of the molecule is COc1ccc2oc(-c3ccc(NC(=O)c4cc(OC)c(OC)c(OC)c4)cc3)nc2c1. The number of amides is 1. The van der Waals surface area contributed by atoms with Crippen molar-refractivity contribution in [1.29, 1.82) is 0 Å². The summed E-state index contributed by atoms with van der Waals surface area (Å²) in [5, 5.41) is 2.86. The van der Waals surface area contributed by atoms with Gasteiger partial charge in [-0.15, -0.1) is 0 Å². The van der Waals surface area contributed by atoms with Gasteiger partial charge in [-0.1, -0.05) is 0 Å². The number of methoxy groups -OCH3 is 4. The molecule has 1 heterocycles. The van der Waals surface area contributed by atoms with E-state index in [1.807, 2.05) is 30.3 Å². The summed E-state index contributed by atoms with van der Waals surface area (Å²) in [6.45, 7) is 0. The number of aromatic nitrogens is 1. The molecule has 0 unspecified atom stereocenters. The summed E-state index contributed by atoms with van der Waals surface area (Å²) in [6, 6.07) is 15.8. The van der Waals surface area contributed by atoms with Gasteiger partial charge in [-0.3, -0.25) is 4.79 Å². The van der Waals surface area contributed by atoms with Crippen molar-refractivity contribution in [1.82, 2.24) is 4.98 Å².